The zero-order chi connectivity index (χ0) is 25.2. The number of rotatable bonds is 7. The van der Waals surface area contributed by atoms with Gasteiger partial charge in [-0.3, -0.25) is 4.72 Å². The summed E-state index contributed by atoms with van der Waals surface area (Å²) in [5, 5.41) is 0. The fraction of sp³-hybridized carbons (Fsp3) is 0.294. The van der Waals surface area contributed by atoms with E-state index in [1.54, 1.807) is 0 Å². The molecular weight excluding hydrogens is 504 g/mol. The van der Waals surface area contributed by atoms with Gasteiger partial charge in [-0.15, -0.1) is 0 Å². The van der Waals surface area contributed by atoms with Crippen LogP contribution in [0.2, 0.25) is 0 Å². The largest absolute Gasteiger partial charge is 0.484 e. The molecule has 0 aliphatic rings. The molecule has 0 atom stereocenters. The zero-order valence-electron chi connectivity index (χ0n) is 15.7. The minimum Gasteiger partial charge on any atom is -0.484 e. The SMILES string of the molecule is O=S(=O)(Nc1cccc(C(F)(F)F)c1F)c1cc(OCC(F)(F)F)ccc1OCC(F)(F)F. The lowest BCUT2D eigenvalue weighted by Crippen LogP contribution is -2.22. The van der Waals surface area contributed by atoms with Crippen molar-refractivity contribution in [1.82, 2.24) is 0 Å². The molecule has 0 aromatic heterocycles. The molecule has 33 heavy (non-hydrogen) atoms. The Labute approximate surface area is 179 Å². The van der Waals surface area contributed by atoms with E-state index in [2.05, 4.69) is 9.47 Å². The van der Waals surface area contributed by atoms with Crippen LogP contribution in [0.4, 0.5) is 49.6 Å². The lowest BCUT2D eigenvalue weighted by Gasteiger charge is -2.17. The highest BCUT2D eigenvalue weighted by molar-refractivity contribution is 7.92. The first-order valence-electron chi connectivity index (χ1n) is 8.31. The molecule has 0 saturated heterocycles. The Morgan fingerprint density at radius 1 is 0.818 bits per heavy atom. The maximum Gasteiger partial charge on any atom is 0.422 e. The van der Waals surface area contributed by atoms with Crippen LogP contribution in [0.3, 0.4) is 0 Å². The average molecular weight is 515 g/mol. The number of benzene rings is 2. The first-order chi connectivity index (χ1) is 14.9. The van der Waals surface area contributed by atoms with E-state index >= 15 is 0 Å². The van der Waals surface area contributed by atoms with Crippen molar-refractivity contribution in [3.8, 4) is 11.5 Å². The summed E-state index contributed by atoms with van der Waals surface area (Å²) in [4.78, 5) is -1.25. The molecular formula is C17H11F10NO4S. The van der Waals surface area contributed by atoms with Crippen LogP contribution in [0.5, 0.6) is 11.5 Å². The molecule has 0 radical (unpaired) electrons. The second-order valence-electron chi connectivity index (χ2n) is 6.19. The Balaban J connectivity index is 2.49. The Morgan fingerprint density at radius 3 is 1.94 bits per heavy atom. The molecule has 0 aliphatic heterocycles. The van der Waals surface area contributed by atoms with E-state index < -0.39 is 75.2 Å². The van der Waals surface area contributed by atoms with Crippen molar-refractivity contribution in [3.05, 3.63) is 47.8 Å². The molecule has 2 aromatic carbocycles. The summed E-state index contributed by atoms with van der Waals surface area (Å²) < 4.78 is 162. The average Bonchev–Trinajstić information content (AvgIpc) is 2.64. The second-order valence-corrected chi connectivity index (χ2v) is 7.84. The van der Waals surface area contributed by atoms with Crippen LogP contribution in [0.1, 0.15) is 5.56 Å². The Hall–Kier alpha value is -2.91. The van der Waals surface area contributed by atoms with E-state index in [0.29, 0.717) is 36.4 Å². The lowest BCUT2D eigenvalue weighted by molar-refractivity contribution is -0.154. The smallest absolute Gasteiger partial charge is 0.422 e. The Bertz CT molecular complexity index is 1090. The van der Waals surface area contributed by atoms with Gasteiger partial charge in [-0.25, -0.2) is 12.8 Å². The highest BCUT2D eigenvalue weighted by atomic mass is 32.2. The van der Waals surface area contributed by atoms with Gasteiger partial charge in [-0.1, -0.05) is 6.07 Å². The molecule has 0 fully saturated rings. The number of halogens is 10. The molecule has 0 heterocycles. The fourth-order valence-corrected chi connectivity index (χ4v) is 3.48. The van der Waals surface area contributed by atoms with E-state index in [0.717, 1.165) is 0 Å². The van der Waals surface area contributed by atoms with Crippen molar-refractivity contribution in [2.45, 2.75) is 23.4 Å². The summed E-state index contributed by atoms with van der Waals surface area (Å²) in [6, 6.07) is 3.08. The molecule has 5 nitrogen and oxygen atoms in total. The third kappa shape index (κ3) is 7.57. The predicted octanol–water partition coefficient (Wildman–Crippen LogP) is 5.53. The third-order valence-corrected chi connectivity index (χ3v) is 4.93. The van der Waals surface area contributed by atoms with Crippen molar-refractivity contribution in [1.29, 1.82) is 0 Å². The molecule has 2 rings (SSSR count). The third-order valence-electron chi connectivity index (χ3n) is 3.55. The van der Waals surface area contributed by atoms with Crippen LogP contribution in [-0.2, 0) is 16.2 Å². The number of nitrogens with one attached hydrogen (secondary N) is 1. The first kappa shape index (κ1) is 26.3. The quantitative estimate of drug-likeness (QED) is 0.493. The fourth-order valence-electron chi connectivity index (χ4n) is 2.26. The molecule has 2 aromatic rings. The summed E-state index contributed by atoms with van der Waals surface area (Å²) >= 11 is 0. The highest BCUT2D eigenvalue weighted by Crippen LogP contribution is 2.36. The van der Waals surface area contributed by atoms with Gasteiger partial charge in [0.05, 0.1) is 11.3 Å². The van der Waals surface area contributed by atoms with E-state index in [1.807, 2.05) is 0 Å². The van der Waals surface area contributed by atoms with Crippen LogP contribution < -0.4 is 14.2 Å². The van der Waals surface area contributed by atoms with Gasteiger partial charge in [0.2, 0.25) is 0 Å². The minimum atomic E-state index is -5.21. The lowest BCUT2D eigenvalue weighted by atomic mass is 10.2. The van der Waals surface area contributed by atoms with Crippen LogP contribution in [0, 0.1) is 5.82 Å². The number of hydrogen-bond donors (Lipinski definition) is 1. The monoisotopic (exact) mass is 515 g/mol. The van der Waals surface area contributed by atoms with E-state index in [-0.39, 0.29) is 0 Å². The first-order valence-corrected chi connectivity index (χ1v) is 9.79. The number of alkyl halides is 9. The maximum absolute atomic E-state index is 14.2. The molecule has 0 aliphatic carbocycles. The van der Waals surface area contributed by atoms with E-state index in [9.17, 15) is 52.3 Å². The van der Waals surface area contributed by atoms with Gasteiger partial charge >= 0.3 is 18.5 Å². The topological polar surface area (TPSA) is 64.6 Å². The van der Waals surface area contributed by atoms with Gasteiger partial charge < -0.3 is 9.47 Å². The highest BCUT2D eigenvalue weighted by Gasteiger charge is 2.36. The molecule has 0 spiro atoms. The van der Waals surface area contributed by atoms with Crippen molar-refractivity contribution in [2.24, 2.45) is 0 Å². The van der Waals surface area contributed by atoms with Gasteiger partial charge in [0, 0.05) is 6.07 Å². The van der Waals surface area contributed by atoms with Gasteiger partial charge in [0.15, 0.2) is 19.0 Å². The summed E-state index contributed by atoms with van der Waals surface area (Å²) in [7, 11) is -5.18. The van der Waals surface area contributed by atoms with Crippen molar-refractivity contribution in [2.75, 3.05) is 17.9 Å². The van der Waals surface area contributed by atoms with Gasteiger partial charge in [0.25, 0.3) is 10.0 Å². The number of anilines is 1. The van der Waals surface area contributed by atoms with E-state index in [1.165, 1.54) is 4.72 Å². The Morgan fingerprint density at radius 2 is 1.39 bits per heavy atom. The zero-order valence-corrected chi connectivity index (χ0v) is 16.5. The molecule has 0 amide bonds. The van der Waals surface area contributed by atoms with E-state index in [4.69, 9.17) is 0 Å². The summed E-state index contributed by atoms with van der Waals surface area (Å²) in [6.45, 7) is -3.92. The summed E-state index contributed by atoms with van der Waals surface area (Å²) in [5.74, 6) is -3.86. The molecule has 184 valence electrons. The molecule has 0 bridgehead atoms. The van der Waals surface area contributed by atoms with Crippen LogP contribution in [0.25, 0.3) is 0 Å². The summed E-state index contributed by atoms with van der Waals surface area (Å²) in [5.41, 5.74) is -3.08. The minimum absolute atomic E-state index is 0.302. The van der Waals surface area contributed by atoms with Gasteiger partial charge in [0.1, 0.15) is 16.4 Å². The standard InChI is InChI=1S/C17H11F10NO4S/c18-14-10(17(25,26)27)2-1-3-11(14)28-33(29,30)13-6-9(31-7-15(19,20)21)4-5-12(13)32-8-16(22,23)24/h1-6,28H,7-8H2. The number of sulfonamides is 1. The Kier molecular flexibility index (Phi) is 7.30. The van der Waals surface area contributed by atoms with Gasteiger partial charge in [-0.05, 0) is 24.3 Å². The molecule has 0 unspecified atom stereocenters. The predicted molar refractivity (Wildman–Crippen MR) is 91.8 cm³/mol. The van der Waals surface area contributed by atoms with Crippen LogP contribution >= 0.6 is 0 Å². The van der Waals surface area contributed by atoms with Crippen LogP contribution in [0.15, 0.2) is 41.3 Å². The molecule has 1 N–H and O–H groups in total. The van der Waals surface area contributed by atoms with Crippen molar-refractivity contribution in [3.63, 3.8) is 0 Å². The molecule has 16 heteroatoms. The maximum atomic E-state index is 14.2. The van der Waals surface area contributed by atoms with Crippen molar-refractivity contribution < 1.29 is 61.8 Å². The number of hydrogen-bond acceptors (Lipinski definition) is 4. The molecule has 0 saturated carbocycles. The van der Waals surface area contributed by atoms with Crippen molar-refractivity contribution >= 4 is 15.7 Å². The van der Waals surface area contributed by atoms with Gasteiger partial charge in [-0.2, -0.15) is 39.5 Å². The normalized spacial score (nSPS) is 13.0. The van der Waals surface area contributed by atoms with Crippen LogP contribution in [-0.4, -0.2) is 34.0 Å². The summed E-state index contributed by atoms with van der Waals surface area (Å²) in [6.07, 6.45) is -15.0. The number of ether oxygens (including phenoxy) is 2. The second kappa shape index (κ2) is 9.15.